The molecule has 8 heteroatoms. The van der Waals surface area contributed by atoms with Crippen molar-refractivity contribution in [2.45, 2.75) is 6.42 Å². The van der Waals surface area contributed by atoms with Gasteiger partial charge in [0.25, 0.3) is 11.8 Å². The lowest BCUT2D eigenvalue weighted by molar-refractivity contribution is 0.0716. The second-order valence-electron chi connectivity index (χ2n) is 6.96. The number of halogens is 2. The Morgan fingerprint density at radius 2 is 1.60 bits per heavy atom. The van der Waals surface area contributed by atoms with Gasteiger partial charge >= 0.3 is 0 Å². The molecule has 1 saturated heterocycles. The number of hydrogen-bond acceptors (Lipinski definition) is 4. The molecule has 1 aromatic heterocycles. The van der Waals surface area contributed by atoms with Crippen LogP contribution in [-0.2, 0) is 0 Å². The quantitative estimate of drug-likeness (QED) is 0.595. The Morgan fingerprint density at radius 1 is 0.933 bits per heavy atom. The summed E-state index contributed by atoms with van der Waals surface area (Å²) in [5, 5.41) is 2.82. The predicted octanol–water partition coefficient (Wildman–Crippen LogP) is 4.59. The molecule has 0 unspecified atom stereocenters. The van der Waals surface area contributed by atoms with Gasteiger partial charge in [0, 0.05) is 37.1 Å². The molecule has 0 atom stereocenters. The van der Waals surface area contributed by atoms with Gasteiger partial charge in [-0.3, -0.25) is 9.59 Å². The molecule has 2 amide bonds. The molecule has 5 nitrogen and oxygen atoms in total. The van der Waals surface area contributed by atoms with Crippen molar-refractivity contribution >= 4 is 34.8 Å². The molecule has 2 aromatic carbocycles. The Hall–Kier alpha value is -2.77. The molecular weight excluding hydrogens is 425 g/mol. The van der Waals surface area contributed by atoms with Crippen molar-refractivity contribution in [2.75, 3.05) is 26.2 Å². The molecule has 1 aliphatic heterocycles. The number of nitrogens with zero attached hydrogens (tertiary/aromatic N) is 3. The zero-order valence-corrected chi connectivity index (χ0v) is 17.6. The largest absolute Gasteiger partial charge is 0.337 e. The number of thiazole rings is 1. The summed E-state index contributed by atoms with van der Waals surface area (Å²) in [5.74, 6) is -0.596. The predicted molar refractivity (Wildman–Crippen MR) is 115 cm³/mol. The smallest absolute Gasteiger partial charge is 0.273 e. The lowest BCUT2D eigenvalue weighted by atomic mass is 10.2. The van der Waals surface area contributed by atoms with E-state index in [2.05, 4.69) is 4.98 Å². The minimum absolute atomic E-state index is 0.123. The average Bonchev–Trinajstić information content (AvgIpc) is 3.11. The maximum Gasteiger partial charge on any atom is 0.273 e. The highest BCUT2D eigenvalue weighted by molar-refractivity contribution is 7.13. The van der Waals surface area contributed by atoms with Crippen LogP contribution in [0.15, 0.2) is 53.9 Å². The van der Waals surface area contributed by atoms with Gasteiger partial charge in [0.05, 0.1) is 10.6 Å². The van der Waals surface area contributed by atoms with Gasteiger partial charge in [0.2, 0.25) is 0 Å². The molecule has 30 heavy (non-hydrogen) atoms. The molecule has 0 saturated carbocycles. The Labute approximate surface area is 182 Å². The number of carbonyl (C=O) groups is 2. The maximum absolute atomic E-state index is 13.1. The average molecular weight is 444 g/mol. The Morgan fingerprint density at radius 3 is 2.30 bits per heavy atom. The zero-order chi connectivity index (χ0) is 21.1. The van der Waals surface area contributed by atoms with Crippen molar-refractivity contribution in [1.82, 2.24) is 14.8 Å². The first-order chi connectivity index (χ1) is 14.5. The van der Waals surface area contributed by atoms with Gasteiger partial charge in [-0.2, -0.15) is 0 Å². The minimum atomic E-state index is -0.313. The summed E-state index contributed by atoms with van der Waals surface area (Å²) in [6.45, 7) is 1.98. The fourth-order valence-corrected chi connectivity index (χ4v) is 4.40. The molecule has 2 heterocycles. The van der Waals surface area contributed by atoms with Crippen molar-refractivity contribution < 1.29 is 14.0 Å². The number of amides is 2. The standard InChI is InChI=1S/C22H19ClFN3O2S/c23-18-5-2-1-4-17(18)21(28)26-10-3-11-27(13-12-26)22(29)19-14-30-20(25-19)15-6-8-16(24)9-7-15/h1-2,4-9,14H,3,10-13H2. The number of rotatable bonds is 3. The summed E-state index contributed by atoms with van der Waals surface area (Å²) >= 11 is 7.51. The van der Waals surface area contributed by atoms with E-state index >= 15 is 0 Å². The Kier molecular flexibility index (Phi) is 6.11. The SMILES string of the molecule is O=C(c1csc(-c2ccc(F)cc2)n1)N1CCCN(C(=O)c2ccccc2Cl)CC1. The van der Waals surface area contributed by atoms with Gasteiger partial charge < -0.3 is 9.80 Å². The van der Waals surface area contributed by atoms with Crippen LogP contribution in [0.3, 0.4) is 0 Å². The van der Waals surface area contributed by atoms with E-state index in [0.717, 1.165) is 5.56 Å². The molecule has 0 bridgehead atoms. The Bertz CT molecular complexity index is 1070. The number of hydrogen-bond donors (Lipinski definition) is 0. The second kappa shape index (κ2) is 8.93. The highest BCUT2D eigenvalue weighted by atomic mass is 35.5. The van der Waals surface area contributed by atoms with E-state index in [1.165, 1.54) is 23.5 Å². The molecule has 1 fully saturated rings. The van der Waals surface area contributed by atoms with Gasteiger partial charge in [-0.1, -0.05) is 23.7 Å². The lowest BCUT2D eigenvalue weighted by Crippen LogP contribution is -2.37. The number of aromatic nitrogens is 1. The van der Waals surface area contributed by atoms with E-state index < -0.39 is 0 Å². The summed E-state index contributed by atoms with van der Waals surface area (Å²) in [4.78, 5) is 33.6. The summed E-state index contributed by atoms with van der Waals surface area (Å²) in [7, 11) is 0. The van der Waals surface area contributed by atoms with Crippen LogP contribution >= 0.6 is 22.9 Å². The number of carbonyl (C=O) groups excluding carboxylic acids is 2. The summed E-state index contributed by atoms with van der Waals surface area (Å²) in [6.07, 6.45) is 0.677. The zero-order valence-electron chi connectivity index (χ0n) is 16.1. The van der Waals surface area contributed by atoms with E-state index in [1.54, 1.807) is 51.6 Å². The van der Waals surface area contributed by atoms with Gasteiger partial charge in [-0.25, -0.2) is 9.37 Å². The highest BCUT2D eigenvalue weighted by Crippen LogP contribution is 2.25. The van der Waals surface area contributed by atoms with E-state index in [0.29, 0.717) is 53.9 Å². The first-order valence-electron chi connectivity index (χ1n) is 9.57. The van der Waals surface area contributed by atoms with Crippen molar-refractivity contribution in [3.05, 3.63) is 76.0 Å². The molecule has 0 radical (unpaired) electrons. The van der Waals surface area contributed by atoms with E-state index in [1.807, 2.05) is 0 Å². The lowest BCUT2D eigenvalue weighted by Gasteiger charge is -2.22. The van der Waals surface area contributed by atoms with Crippen LogP contribution in [0.4, 0.5) is 4.39 Å². The highest BCUT2D eigenvalue weighted by Gasteiger charge is 2.25. The van der Waals surface area contributed by atoms with Gasteiger partial charge in [-0.15, -0.1) is 11.3 Å². The maximum atomic E-state index is 13.1. The fourth-order valence-electron chi connectivity index (χ4n) is 3.39. The number of benzene rings is 2. The third kappa shape index (κ3) is 4.37. The van der Waals surface area contributed by atoms with E-state index in [-0.39, 0.29) is 17.6 Å². The second-order valence-corrected chi connectivity index (χ2v) is 8.23. The summed E-state index contributed by atoms with van der Waals surface area (Å²) in [5.41, 5.74) is 1.61. The molecule has 4 rings (SSSR count). The van der Waals surface area contributed by atoms with Crippen LogP contribution in [0.2, 0.25) is 5.02 Å². The third-order valence-corrected chi connectivity index (χ3v) is 6.21. The summed E-state index contributed by atoms with van der Waals surface area (Å²) < 4.78 is 13.1. The van der Waals surface area contributed by atoms with Crippen molar-refractivity contribution in [1.29, 1.82) is 0 Å². The molecule has 0 aliphatic carbocycles. The summed E-state index contributed by atoms with van der Waals surface area (Å²) in [6, 6.07) is 13.0. The molecule has 154 valence electrons. The van der Waals surface area contributed by atoms with Crippen molar-refractivity contribution in [3.8, 4) is 10.6 Å². The third-order valence-electron chi connectivity index (χ3n) is 4.99. The van der Waals surface area contributed by atoms with E-state index in [9.17, 15) is 14.0 Å². The molecule has 0 spiro atoms. The minimum Gasteiger partial charge on any atom is -0.337 e. The first kappa shape index (κ1) is 20.5. The van der Waals surface area contributed by atoms with Crippen LogP contribution < -0.4 is 0 Å². The van der Waals surface area contributed by atoms with E-state index in [4.69, 9.17) is 11.6 Å². The van der Waals surface area contributed by atoms with Crippen molar-refractivity contribution in [3.63, 3.8) is 0 Å². The van der Waals surface area contributed by atoms with Crippen LogP contribution in [0, 0.1) is 5.82 Å². The molecule has 0 N–H and O–H groups in total. The topological polar surface area (TPSA) is 53.5 Å². The van der Waals surface area contributed by atoms with Crippen molar-refractivity contribution in [2.24, 2.45) is 0 Å². The van der Waals surface area contributed by atoms with Gasteiger partial charge in [0.15, 0.2) is 0 Å². The molecular formula is C22H19ClFN3O2S. The van der Waals surface area contributed by atoms with Gasteiger partial charge in [0.1, 0.15) is 16.5 Å². The normalized spacial score (nSPS) is 14.5. The fraction of sp³-hybridized carbons (Fsp3) is 0.227. The first-order valence-corrected chi connectivity index (χ1v) is 10.8. The van der Waals surface area contributed by atoms with Gasteiger partial charge in [-0.05, 0) is 42.8 Å². The van der Waals surface area contributed by atoms with Crippen LogP contribution in [0.1, 0.15) is 27.3 Å². The van der Waals surface area contributed by atoms with Crippen LogP contribution in [-0.4, -0.2) is 52.8 Å². The van der Waals surface area contributed by atoms with Crippen LogP contribution in [0.25, 0.3) is 10.6 Å². The van der Waals surface area contributed by atoms with Crippen LogP contribution in [0.5, 0.6) is 0 Å². The molecule has 3 aromatic rings. The molecule has 1 aliphatic rings. The Balaban J connectivity index is 1.43. The monoisotopic (exact) mass is 443 g/mol.